The molecule has 1 fully saturated rings. The fraction of sp³-hybridized carbons (Fsp3) is 0.308. The summed E-state index contributed by atoms with van der Waals surface area (Å²) in [6, 6.07) is 13.2. The van der Waals surface area contributed by atoms with Gasteiger partial charge in [0.25, 0.3) is 0 Å². The topological polar surface area (TPSA) is 56.8 Å². The summed E-state index contributed by atoms with van der Waals surface area (Å²) in [5, 5.41) is 4.66. The van der Waals surface area contributed by atoms with E-state index in [2.05, 4.69) is 70.4 Å². The van der Waals surface area contributed by atoms with Crippen molar-refractivity contribution in [2.24, 2.45) is 0 Å². The zero-order valence-electron chi connectivity index (χ0n) is 18.7. The first kappa shape index (κ1) is 19.8. The summed E-state index contributed by atoms with van der Waals surface area (Å²) >= 11 is 0. The average molecular weight is 412 g/mol. The molecule has 0 unspecified atom stereocenters. The van der Waals surface area contributed by atoms with Gasteiger partial charge in [-0.1, -0.05) is 12.1 Å². The molecule has 0 amide bonds. The van der Waals surface area contributed by atoms with Crippen LogP contribution < -0.4 is 10.2 Å². The van der Waals surface area contributed by atoms with Crippen LogP contribution in [0, 0.1) is 27.7 Å². The second-order valence-electron chi connectivity index (χ2n) is 8.63. The summed E-state index contributed by atoms with van der Waals surface area (Å²) in [4.78, 5) is 15.4. The summed E-state index contributed by atoms with van der Waals surface area (Å²) in [5.41, 5.74) is 10.4. The summed E-state index contributed by atoms with van der Waals surface area (Å²) in [7, 11) is 0. The van der Waals surface area contributed by atoms with Crippen molar-refractivity contribution in [3.63, 3.8) is 0 Å². The number of hydrogen-bond acceptors (Lipinski definition) is 4. The molecule has 4 aromatic rings. The largest absolute Gasteiger partial charge is 0.354 e. The molecule has 0 saturated carbocycles. The predicted octanol–water partition coefficient (Wildman–Crippen LogP) is 4.94. The van der Waals surface area contributed by atoms with E-state index in [1.54, 1.807) is 0 Å². The minimum atomic E-state index is 1.01. The van der Waals surface area contributed by atoms with E-state index in [-0.39, 0.29) is 0 Å². The van der Waals surface area contributed by atoms with Gasteiger partial charge in [0.2, 0.25) is 0 Å². The lowest BCUT2D eigenvalue weighted by Crippen LogP contribution is -2.44. The smallest absolute Gasteiger partial charge is 0.131 e. The highest BCUT2D eigenvalue weighted by Crippen LogP contribution is 2.33. The Hall–Kier alpha value is -3.18. The van der Waals surface area contributed by atoms with Crippen molar-refractivity contribution in [3.05, 3.63) is 65.1 Å². The van der Waals surface area contributed by atoms with E-state index in [1.807, 2.05) is 20.0 Å². The number of aromatic amines is 1. The molecule has 4 heterocycles. The Morgan fingerprint density at radius 3 is 2.29 bits per heavy atom. The highest BCUT2D eigenvalue weighted by atomic mass is 15.2. The number of fused-ring (bicyclic) bond motifs is 1. The number of anilines is 1. The van der Waals surface area contributed by atoms with E-state index in [0.29, 0.717) is 0 Å². The van der Waals surface area contributed by atoms with Crippen LogP contribution in [0.3, 0.4) is 0 Å². The fourth-order valence-corrected chi connectivity index (χ4v) is 4.72. The third-order valence-corrected chi connectivity index (χ3v) is 6.23. The zero-order valence-corrected chi connectivity index (χ0v) is 18.7. The Morgan fingerprint density at radius 1 is 0.839 bits per heavy atom. The standard InChI is InChI=1S/C26H29N5/c1-16-11-22(15-28-26(16)31-9-7-27-8-10-31)20-5-6-23-19(4)25(30-24(23)14-20)21-12-17(2)29-18(3)13-21/h5-6,11-15,27,30H,7-10H2,1-4H3. The minimum absolute atomic E-state index is 1.01. The number of benzene rings is 1. The first-order valence-corrected chi connectivity index (χ1v) is 11.0. The molecule has 31 heavy (non-hydrogen) atoms. The van der Waals surface area contributed by atoms with Crippen LogP contribution in [0.1, 0.15) is 22.5 Å². The molecule has 158 valence electrons. The maximum atomic E-state index is 4.83. The Bertz CT molecular complexity index is 1240. The SMILES string of the molecule is Cc1cc(-c2[nH]c3cc(-c4cnc(N5CCNCC5)c(C)c4)ccc3c2C)cc(C)n1. The third kappa shape index (κ3) is 3.70. The van der Waals surface area contributed by atoms with Gasteiger partial charge in [-0.25, -0.2) is 4.98 Å². The quantitative estimate of drug-likeness (QED) is 0.502. The van der Waals surface area contributed by atoms with Crippen LogP contribution in [-0.4, -0.2) is 41.1 Å². The Balaban J connectivity index is 1.52. The van der Waals surface area contributed by atoms with E-state index in [1.165, 1.54) is 33.3 Å². The average Bonchev–Trinajstić information content (AvgIpc) is 3.09. The predicted molar refractivity (Wildman–Crippen MR) is 129 cm³/mol. The first-order valence-electron chi connectivity index (χ1n) is 11.0. The molecule has 1 aliphatic heterocycles. The lowest BCUT2D eigenvalue weighted by Gasteiger charge is -2.29. The molecule has 5 rings (SSSR count). The van der Waals surface area contributed by atoms with Gasteiger partial charge in [-0.05, 0) is 68.7 Å². The number of H-pyrrole nitrogens is 1. The lowest BCUT2D eigenvalue weighted by atomic mass is 10.0. The van der Waals surface area contributed by atoms with Crippen molar-refractivity contribution < 1.29 is 0 Å². The maximum absolute atomic E-state index is 4.83. The maximum Gasteiger partial charge on any atom is 0.131 e. The number of aromatic nitrogens is 3. The van der Waals surface area contributed by atoms with Crippen LogP contribution in [0.15, 0.2) is 42.6 Å². The molecule has 3 aromatic heterocycles. The Kier molecular flexibility index (Phi) is 4.98. The summed E-state index contributed by atoms with van der Waals surface area (Å²) in [5.74, 6) is 1.10. The molecular weight excluding hydrogens is 382 g/mol. The van der Waals surface area contributed by atoms with Gasteiger partial charge in [0.15, 0.2) is 0 Å². The summed E-state index contributed by atoms with van der Waals surface area (Å²) in [6.07, 6.45) is 2.01. The van der Waals surface area contributed by atoms with Crippen LogP contribution in [0.2, 0.25) is 0 Å². The van der Waals surface area contributed by atoms with E-state index in [0.717, 1.165) is 54.5 Å². The van der Waals surface area contributed by atoms with Crippen LogP contribution in [-0.2, 0) is 0 Å². The summed E-state index contributed by atoms with van der Waals surface area (Å²) in [6.45, 7) is 12.5. The van der Waals surface area contributed by atoms with Crippen LogP contribution in [0.25, 0.3) is 33.3 Å². The van der Waals surface area contributed by atoms with Crippen LogP contribution in [0.5, 0.6) is 0 Å². The summed E-state index contributed by atoms with van der Waals surface area (Å²) < 4.78 is 0. The van der Waals surface area contributed by atoms with Crippen LogP contribution >= 0.6 is 0 Å². The van der Waals surface area contributed by atoms with E-state index in [9.17, 15) is 0 Å². The molecule has 1 aromatic carbocycles. The van der Waals surface area contributed by atoms with Crippen molar-refractivity contribution in [2.75, 3.05) is 31.1 Å². The molecule has 0 atom stereocenters. The van der Waals surface area contributed by atoms with Gasteiger partial charge in [-0.3, -0.25) is 4.98 Å². The molecule has 1 saturated heterocycles. The number of nitrogens with one attached hydrogen (secondary N) is 2. The molecule has 5 heteroatoms. The number of pyridine rings is 2. The van der Waals surface area contributed by atoms with Gasteiger partial charge in [-0.15, -0.1) is 0 Å². The molecule has 5 nitrogen and oxygen atoms in total. The minimum Gasteiger partial charge on any atom is -0.354 e. The Labute approximate surface area is 183 Å². The second-order valence-corrected chi connectivity index (χ2v) is 8.63. The van der Waals surface area contributed by atoms with Crippen molar-refractivity contribution in [3.8, 4) is 22.4 Å². The molecular formula is C26H29N5. The molecule has 0 bridgehead atoms. The third-order valence-electron chi connectivity index (χ3n) is 6.23. The molecule has 0 spiro atoms. The number of hydrogen-bond donors (Lipinski definition) is 2. The number of rotatable bonds is 3. The highest BCUT2D eigenvalue weighted by Gasteiger charge is 2.15. The number of aryl methyl sites for hydroxylation is 4. The van der Waals surface area contributed by atoms with E-state index in [4.69, 9.17) is 4.98 Å². The van der Waals surface area contributed by atoms with Crippen molar-refractivity contribution in [1.82, 2.24) is 20.3 Å². The second kappa shape index (κ2) is 7.82. The van der Waals surface area contributed by atoms with Crippen molar-refractivity contribution in [2.45, 2.75) is 27.7 Å². The highest BCUT2D eigenvalue weighted by molar-refractivity contribution is 5.93. The van der Waals surface area contributed by atoms with Gasteiger partial charge >= 0.3 is 0 Å². The van der Waals surface area contributed by atoms with Crippen LogP contribution in [0.4, 0.5) is 5.82 Å². The van der Waals surface area contributed by atoms with Gasteiger partial charge in [-0.2, -0.15) is 0 Å². The first-order chi connectivity index (χ1) is 15.0. The molecule has 0 aliphatic carbocycles. The van der Waals surface area contributed by atoms with Crippen molar-refractivity contribution in [1.29, 1.82) is 0 Å². The number of piperazine rings is 1. The van der Waals surface area contributed by atoms with E-state index < -0.39 is 0 Å². The van der Waals surface area contributed by atoms with Crippen molar-refractivity contribution >= 4 is 16.7 Å². The van der Waals surface area contributed by atoms with Gasteiger partial charge in [0, 0.05) is 71.5 Å². The zero-order chi connectivity index (χ0) is 21.5. The molecule has 0 radical (unpaired) electrons. The molecule has 2 N–H and O–H groups in total. The molecule has 1 aliphatic rings. The van der Waals surface area contributed by atoms with Gasteiger partial charge in [0.1, 0.15) is 5.82 Å². The van der Waals surface area contributed by atoms with Gasteiger partial charge < -0.3 is 15.2 Å². The number of nitrogens with zero attached hydrogens (tertiary/aromatic N) is 3. The lowest BCUT2D eigenvalue weighted by molar-refractivity contribution is 0.584. The monoisotopic (exact) mass is 411 g/mol. The van der Waals surface area contributed by atoms with E-state index >= 15 is 0 Å². The fourth-order valence-electron chi connectivity index (χ4n) is 4.72. The normalized spacial score (nSPS) is 14.4. The van der Waals surface area contributed by atoms with Gasteiger partial charge in [0.05, 0.1) is 0 Å². The Morgan fingerprint density at radius 2 is 1.58 bits per heavy atom.